The van der Waals surface area contributed by atoms with Crippen LogP contribution >= 0.6 is 23.1 Å². The van der Waals surface area contributed by atoms with Crippen molar-refractivity contribution in [2.45, 2.75) is 17.1 Å². The highest BCUT2D eigenvalue weighted by Crippen LogP contribution is 2.40. The van der Waals surface area contributed by atoms with Gasteiger partial charge in [-0.15, -0.1) is 23.1 Å². The molecule has 0 spiro atoms. The van der Waals surface area contributed by atoms with Crippen LogP contribution in [0.4, 0.5) is 16.4 Å². The average Bonchev–Trinajstić information content (AvgIpc) is 3.60. The van der Waals surface area contributed by atoms with Gasteiger partial charge in [-0.3, -0.25) is 24.5 Å². The average molecular weight is 750 g/mol. The predicted octanol–water partition coefficient (Wildman–Crippen LogP) is 9.39. The number of aryl methyl sites for hydroxylation is 1. The first kappa shape index (κ1) is 37.0. The van der Waals surface area contributed by atoms with E-state index < -0.39 is 22.0 Å². The minimum absolute atomic E-state index is 0.0912. The molecule has 3 N–H and O–H groups in total. The molecule has 0 saturated carbocycles. The van der Waals surface area contributed by atoms with Crippen LogP contribution in [0.3, 0.4) is 0 Å². The van der Waals surface area contributed by atoms with Crippen molar-refractivity contribution >= 4 is 63.3 Å². The zero-order valence-corrected chi connectivity index (χ0v) is 30.3. The lowest BCUT2D eigenvalue weighted by Gasteiger charge is -2.17. The maximum Gasteiger partial charge on any atom is 0.272 e. The second kappa shape index (κ2) is 17.1. The molecular weight excluding hydrogens is 719 g/mol. The maximum absolute atomic E-state index is 14.0. The molecule has 1 atom stereocenters. The van der Waals surface area contributed by atoms with Gasteiger partial charge in [0.05, 0.1) is 10.5 Å². The van der Waals surface area contributed by atoms with Gasteiger partial charge in [-0.25, -0.2) is 0 Å². The van der Waals surface area contributed by atoms with Crippen LogP contribution in [-0.2, 0) is 9.59 Å². The normalized spacial score (nSPS) is 11.5. The number of thioether (sulfide) groups is 1. The number of nitriles is 1. The first-order chi connectivity index (χ1) is 26.2. The number of anilines is 2. The molecule has 1 heterocycles. The van der Waals surface area contributed by atoms with Crippen molar-refractivity contribution < 1.29 is 19.3 Å². The Morgan fingerprint density at radius 1 is 0.852 bits per heavy atom. The summed E-state index contributed by atoms with van der Waals surface area (Å²) in [6.45, 7) is 1.99. The number of carbonyl (C=O) groups is 3. The summed E-state index contributed by atoms with van der Waals surface area (Å²) in [5.41, 5.74) is 4.82. The number of hydrogen-bond acceptors (Lipinski definition) is 8. The Hall–Kier alpha value is -6.81. The molecule has 0 bridgehead atoms. The summed E-state index contributed by atoms with van der Waals surface area (Å²) in [5.74, 6) is -1.48. The number of nitro benzene ring substituents is 1. The van der Waals surface area contributed by atoms with Crippen LogP contribution in [0.2, 0.25) is 0 Å². The molecule has 0 aliphatic heterocycles. The topological polar surface area (TPSA) is 154 Å². The smallest absolute Gasteiger partial charge is 0.272 e. The van der Waals surface area contributed by atoms with Crippen molar-refractivity contribution in [1.82, 2.24) is 5.32 Å². The molecule has 12 heteroatoms. The van der Waals surface area contributed by atoms with Crippen LogP contribution < -0.4 is 16.0 Å². The highest BCUT2D eigenvalue weighted by molar-refractivity contribution is 8.00. The molecule has 0 fully saturated rings. The SMILES string of the molecule is Cc1ccc(-c2csc(NC(=O)C(Sc3cccc(NC(=O)/C(=C\c4ccc([N+](=O)[O-])cc4)NC(=O)c4ccccc4)c3)c3ccccc3)c2C#N)cc1. The fraction of sp³-hybridized carbons (Fsp3) is 0.0476. The molecule has 0 aliphatic rings. The molecule has 5 aromatic carbocycles. The van der Waals surface area contributed by atoms with E-state index in [1.165, 1.54) is 53.4 Å². The highest BCUT2D eigenvalue weighted by Gasteiger charge is 2.25. The maximum atomic E-state index is 14.0. The minimum atomic E-state index is -0.726. The summed E-state index contributed by atoms with van der Waals surface area (Å²) in [5, 5.41) is 31.3. The first-order valence-corrected chi connectivity index (χ1v) is 18.3. The van der Waals surface area contributed by atoms with E-state index in [1.54, 1.807) is 48.5 Å². The van der Waals surface area contributed by atoms with Crippen LogP contribution in [0, 0.1) is 28.4 Å². The van der Waals surface area contributed by atoms with Crippen molar-refractivity contribution in [3.63, 3.8) is 0 Å². The largest absolute Gasteiger partial charge is 0.321 e. The monoisotopic (exact) mass is 749 g/mol. The molecule has 0 saturated heterocycles. The molecule has 1 unspecified atom stereocenters. The summed E-state index contributed by atoms with van der Waals surface area (Å²) in [4.78, 5) is 52.1. The van der Waals surface area contributed by atoms with E-state index in [-0.39, 0.29) is 17.3 Å². The van der Waals surface area contributed by atoms with Gasteiger partial charge in [0.15, 0.2) is 0 Å². The van der Waals surface area contributed by atoms with E-state index in [4.69, 9.17) is 0 Å². The number of non-ortho nitro benzene ring substituents is 1. The molecular formula is C42H31N5O5S2. The fourth-order valence-corrected chi connectivity index (χ4v) is 7.37. The van der Waals surface area contributed by atoms with Crippen LogP contribution in [0.15, 0.2) is 149 Å². The molecule has 54 heavy (non-hydrogen) atoms. The molecule has 10 nitrogen and oxygen atoms in total. The summed E-state index contributed by atoms with van der Waals surface area (Å²) in [6.07, 6.45) is 1.43. The Morgan fingerprint density at radius 3 is 2.20 bits per heavy atom. The van der Waals surface area contributed by atoms with Crippen molar-refractivity contribution in [2.24, 2.45) is 0 Å². The third-order valence-corrected chi connectivity index (χ3v) is 10.3. The van der Waals surface area contributed by atoms with E-state index in [1.807, 2.05) is 73.0 Å². The number of rotatable bonds is 12. The van der Waals surface area contributed by atoms with Gasteiger partial charge >= 0.3 is 0 Å². The number of nitrogens with zero attached hydrogens (tertiary/aromatic N) is 2. The summed E-state index contributed by atoms with van der Waals surface area (Å²) in [7, 11) is 0. The van der Waals surface area contributed by atoms with E-state index >= 15 is 0 Å². The van der Waals surface area contributed by atoms with Gasteiger partial charge in [-0.1, -0.05) is 84.4 Å². The second-order valence-electron chi connectivity index (χ2n) is 11.9. The Kier molecular flexibility index (Phi) is 11.7. The Balaban J connectivity index is 1.24. The Morgan fingerprint density at radius 2 is 1.54 bits per heavy atom. The number of thiophene rings is 1. The lowest BCUT2D eigenvalue weighted by molar-refractivity contribution is -0.384. The number of carbonyl (C=O) groups excluding carboxylic acids is 3. The zero-order chi connectivity index (χ0) is 38.0. The van der Waals surface area contributed by atoms with Crippen molar-refractivity contribution in [2.75, 3.05) is 10.6 Å². The van der Waals surface area contributed by atoms with Crippen LogP contribution in [0.5, 0.6) is 0 Å². The molecule has 6 rings (SSSR count). The van der Waals surface area contributed by atoms with Gasteiger partial charge in [-0.2, -0.15) is 5.26 Å². The third kappa shape index (κ3) is 9.15. The molecule has 1 aromatic heterocycles. The van der Waals surface area contributed by atoms with Crippen molar-refractivity contribution in [1.29, 1.82) is 5.26 Å². The number of hydrogen-bond donors (Lipinski definition) is 3. The molecule has 3 amide bonds. The van der Waals surface area contributed by atoms with E-state index in [0.29, 0.717) is 32.3 Å². The molecule has 0 aliphatic carbocycles. The fourth-order valence-electron chi connectivity index (χ4n) is 5.37. The van der Waals surface area contributed by atoms with Gasteiger partial charge in [-0.05, 0) is 72.2 Å². The Bertz CT molecular complexity index is 2390. The number of benzene rings is 5. The number of nitro groups is 1. The molecule has 0 radical (unpaired) electrons. The van der Waals surface area contributed by atoms with E-state index in [2.05, 4.69) is 22.0 Å². The summed E-state index contributed by atoms with van der Waals surface area (Å²) >= 11 is 2.56. The van der Waals surface area contributed by atoms with E-state index in [9.17, 15) is 29.8 Å². The highest BCUT2D eigenvalue weighted by atomic mass is 32.2. The predicted molar refractivity (Wildman–Crippen MR) is 213 cm³/mol. The molecule has 266 valence electrons. The van der Waals surface area contributed by atoms with Crippen LogP contribution in [-0.4, -0.2) is 22.6 Å². The summed E-state index contributed by atoms with van der Waals surface area (Å²) in [6, 6.07) is 40.3. The number of nitrogens with one attached hydrogen (secondary N) is 3. The second-order valence-corrected chi connectivity index (χ2v) is 14.0. The zero-order valence-electron chi connectivity index (χ0n) is 28.7. The van der Waals surface area contributed by atoms with E-state index in [0.717, 1.165) is 22.3 Å². The summed E-state index contributed by atoms with van der Waals surface area (Å²) < 4.78 is 0. The van der Waals surface area contributed by atoms with Crippen molar-refractivity contribution in [3.05, 3.63) is 182 Å². The Labute approximate surface area is 319 Å². The van der Waals surface area contributed by atoms with Crippen LogP contribution in [0.25, 0.3) is 17.2 Å². The number of amides is 3. The third-order valence-electron chi connectivity index (χ3n) is 8.13. The lowest BCUT2D eigenvalue weighted by Crippen LogP contribution is -2.30. The van der Waals surface area contributed by atoms with Gasteiger partial charge in [0.1, 0.15) is 22.0 Å². The van der Waals surface area contributed by atoms with Gasteiger partial charge in [0, 0.05) is 39.2 Å². The lowest BCUT2D eigenvalue weighted by atomic mass is 10.0. The van der Waals surface area contributed by atoms with Crippen LogP contribution in [0.1, 0.15) is 37.9 Å². The van der Waals surface area contributed by atoms with Gasteiger partial charge in [0.2, 0.25) is 5.91 Å². The minimum Gasteiger partial charge on any atom is -0.321 e. The standard InChI is InChI=1S/C42H31N5O5S2/c1-27-15-19-29(20-16-27)36-26-53-42(35(36)25-43)46-41(50)38(30-9-4-2-5-10-30)54-34-14-8-13-32(24-34)44-40(49)37(45-39(48)31-11-6-3-7-12-31)23-28-17-21-33(22-18-28)47(51)52/h2-24,26,38H,1H3,(H,44,49)(H,45,48)(H,46,50)/b37-23+. The van der Waals surface area contributed by atoms with Gasteiger partial charge in [0.25, 0.3) is 17.5 Å². The van der Waals surface area contributed by atoms with Gasteiger partial charge < -0.3 is 16.0 Å². The first-order valence-electron chi connectivity index (χ1n) is 16.5. The molecule has 6 aromatic rings. The quantitative estimate of drug-likeness (QED) is 0.0488. The van der Waals surface area contributed by atoms with Crippen molar-refractivity contribution in [3.8, 4) is 17.2 Å².